The SMILES string of the molecule is [Li+].[Li+].[O-]OOOO[O-]. The van der Waals surface area contributed by atoms with Gasteiger partial charge in [0.25, 0.3) is 0 Å². The number of rotatable bonds is 3. The summed E-state index contributed by atoms with van der Waals surface area (Å²) in [6.07, 6.45) is 0. The van der Waals surface area contributed by atoms with Crippen LogP contribution in [0.5, 0.6) is 0 Å². The molecule has 0 aromatic rings. The molecule has 0 aliphatic carbocycles. The molecule has 0 rings (SSSR count). The first-order chi connectivity index (χ1) is 2.91. The molecule has 0 bridgehead atoms. The van der Waals surface area contributed by atoms with Crippen molar-refractivity contribution in [3.8, 4) is 0 Å². The monoisotopic (exact) mass is 110 g/mol. The Morgan fingerprint density at radius 3 is 1.12 bits per heavy atom. The van der Waals surface area contributed by atoms with E-state index in [-0.39, 0.29) is 37.7 Å². The minimum atomic E-state index is 0. The predicted molar refractivity (Wildman–Crippen MR) is 4.34 cm³/mol. The third-order valence-electron chi connectivity index (χ3n) is 0.0833. The van der Waals surface area contributed by atoms with Crippen molar-refractivity contribution in [3.05, 3.63) is 0 Å². The molecule has 0 amide bonds. The van der Waals surface area contributed by atoms with Gasteiger partial charge in [0, 0.05) is 0 Å². The Hall–Kier alpha value is 0.955. The molecule has 0 saturated carbocycles. The second kappa shape index (κ2) is 15.7. The van der Waals surface area contributed by atoms with Gasteiger partial charge in [-0.3, -0.25) is 10.1 Å². The average molecular weight is 110 g/mol. The first-order valence-corrected chi connectivity index (χ1v) is 0.833. The first kappa shape index (κ1) is 16.0. The smallest absolute Gasteiger partial charge is 0.689 e. The molecule has 0 N–H and O–H groups in total. The van der Waals surface area contributed by atoms with Crippen LogP contribution >= 0.6 is 0 Å². The van der Waals surface area contributed by atoms with E-state index < -0.39 is 0 Å². The Morgan fingerprint density at radius 1 is 0.750 bits per heavy atom. The molecular formula is Li2O6. The molecule has 0 aromatic heterocycles. The number of hydrogen-bond donors (Lipinski definition) is 0. The summed E-state index contributed by atoms with van der Waals surface area (Å²) in [4.78, 5) is 0. The molecule has 38 valence electrons. The fourth-order valence-electron chi connectivity index (χ4n) is 0.0227. The summed E-state index contributed by atoms with van der Waals surface area (Å²) in [5.41, 5.74) is 0. The maximum atomic E-state index is 8.62. The molecular weight excluding hydrogens is 110 g/mol. The zero-order valence-corrected chi connectivity index (χ0v) is 4.45. The van der Waals surface area contributed by atoms with Crippen molar-refractivity contribution in [2.75, 3.05) is 0 Å². The molecule has 0 atom stereocenters. The summed E-state index contributed by atoms with van der Waals surface area (Å²) in [5, 5.41) is 28.0. The summed E-state index contributed by atoms with van der Waals surface area (Å²) in [5.74, 6) is 0. The minimum Gasteiger partial charge on any atom is -0.689 e. The van der Waals surface area contributed by atoms with Crippen LogP contribution in [-0.4, -0.2) is 0 Å². The molecule has 0 saturated heterocycles. The van der Waals surface area contributed by atoms with Gasteiger partial charge in [-0.05, 0) is 10.1 Å². The molecule has 6 nitrogen and oxygen atoms in total. The molecule has 0 aliphatic rings. The summed E-state index contributed by atoms with van der Waals surface area (Å²) in [7, 11) is 0. The summed E-state index contributed by atoms with van der Waals surface area (Å²) in [6.45, 7) is 0. The van der Waals surface area contributed by atoms with Crippen molar-refractivity contribution in [2.24, 2.45) is 0 Å². The Balaban J connectivity index is -0.000000125. The van der Waals surface area contributed by atoms with Crippen molar-refractivity contribution in [1.82, 2.24) is 0 Å². The fraction of sp³-hybridized carbons (Fsp3) is 0. The second-order valence-corrected chi connectivity index (χ2v) is 0.272. The Kier molecular flexibility index (Phi) is 31.3. The van der Waals surface area contributed by atoms with Crippen molar-refractivity contribution < 1.29 is 68.4 Å². The van der Waals surface area contributed by atoms with E-state index in [0.29, 0.717) is 0 Å². The van der Waals surface area contributed by atoms with Gasteiger partial charge in [0.05, 0.1) is 0 Å². The van der Waals surface area contributed by atoms with E-state index in [1.54, 1.807) is 0 Å². The molecule has 8 heavy (non-hydrogen) atoms. The van der Waals surface area contributed by atoms with Gasteiger partial charge in [-0.15, -0.1) is 0 Å². The molecule has 8 heteroatoms. The van der Waals surface area contributed by atoms with Gasteiger partial charge < -0.3 is 10.5 Å². The van der Waals surface area contributed by atoms with Crippen LogP contribution in [0.25, 0.3) is 0 Å². The van der Waals surface area contributed by atoms with E-state index >= 15 is 0 Å². The molecule has 0 aromatic carbocycles. The van der Waals surface area contributed by atoms with Crippen LogP contribution in [0.2, 0.25) is 0 Å². The van der Waals surface area contributed by atoms with E-state index in [1.165, 1.54) is 0 Å². The van der Waals surface area contributed by atoms with E-state index in [0.717, 1.165) is 0 Å². The van der Waals surface area contributed by atoms with Gasteiger partial charge in [0.15, 0.2) is 0 Å². The third-order valence-corrected chi connectivity index (χ3v) is 0.0833. The van der Waals surface area contributed by atoms with Gasteiger partial charge >= 0.3 is 37.7 Å². The van der Waals surface area contributed by atoms with E-state index in [9.17, 15) is 0 Å². The zero-order valence-electron chi connectivity index (χ0n) is 4.45. The minimum absolute atomic E-state index is 0. The molecule has 0 radical (unpaired) electrons. The quantitative estimate of drug-likeness (QED) is 0.155. The molecule has 0 spiro atoms. The second-order valence-electron chi connectivity index (χ2n) is 0.272. The van der Waals surface area contributed by atoms with Crippen molar-refractivity contribution >= 4 is 0 Å². The maximum Gasteiger partial charge on any atom is 1.00 e. The van der Waals surface area contributed by atoms with Crippen molar-refractivity contribution in [1.29, 1.82) is 0 Å². The standard InChI is InChI=1S/2Li.H2O6/c;;1-3-5-6-4-2/h;;1-2H/q2*+1;/p-2. The first-order valence-electron chi connectivity index (χ1n) is 0.833. The summed E-state index contributed by atoms with van der Waals surface area (Å²) < 4.78 is 0. The van der Waals surface area contributed by atoms with E-state index in [2.05, 4.69) is 20.2 Å². The average Bonchev–Trinajstić information content (AvgIpc) is 1.61. The maximum absolute atomic E-state index is 8.62. The normalized spacial score (nSPS) is 6.75. The van der Waals surface area contributed by atoms with Crippen LogP contribution in [0.3, 0.4) is 0 Å². The van der Waals surface area contributed by atoms with Crippen molar-refractivity contribution in [3.63, 3.8) is 0 Å². The fourth-order valence-corrected chi connectivity index (χ4v) is 0.0227. The Bertz CT molecular complexity index is 18.5. The predicted octanol–water partition coefficient (Wildman–Crippen LogP) is -8.64. The molecule has 0 fully saturated rings. The topological polar surface area (TPSA) is 83.0 Å². The van der Waals surface area contributed by atoms with Crippen LogP contribution in [0.1, 0.15) is 0 Å². The van der Waals surface area contributed by atoms with Crippen LogP contribution in [0.15, 0.2) is 0 Å². The van der Waals surface area contributed by atoms with Gasteiger partial charge in [0.2, 0.25) is 0 Å². The molecule has 0 aliphatic heterocycles. The van der Waals surface area contributed by atoms with E-state index in [1.807, 2.05) is 0 Å². The number of hydrogen-bond acceptors (Lipinski definition) is 6. The molecule has 0 unspecified atom stereocenters. The molecule has 0 heterocycles. The van der Waals surface area contributed by atoms with Gasteiger partial charge in [-0.2, -0.15) is 0 Å². The van der Waals surface area contributed by atoms with Gasteiger partial charge in [0.1, 0.15) is 0 Å². The largest absolute Gasteiger partial charge is 1.00 e. The van der Waals surface area contributed by atoms with Crippen LogP contribution in [0, 0.1) is 0 Å². The third kappa shape index (κ3) is 15.8. The van der Waals surface area contributed by atoms with Crippen LogP contribution < -0.4 is 48.2 Å². The van der Waals surface area contributed by atoms with Crippen LogP contribution in [0.4, 0.5) is 0 Å². The Morgan fingerprint density at radius 2 is 1.00 bits per heavy atom. The summed E-state index contributed by atoms with van der Waals surface area (Å²) >= 11 is 0. The van der Waals surface area contributed by atoms with Gasteiger partial charge in [-0.1, -0.05) is 0 Å². The zero-order chi connectivity index (χ0) is 4.83. The van der Waals surface area contributed by atoms with Crippen LogP contribution in [-0.2, 0) is 20.2 Å². The summed E-state index contributed by atoms with van der Waals surface area (Å²) in [6, 6.07) is 0. The van der Waals surface area contributed by atoms with E-state index in [4.69, 9.17) is 10.5 Å². The van der Waals surface area contributed by atoms with Crippen molar-refractivity contribution in [2.45, 2.75) is 0 Å². The van der Waals surface area contributed by atoms with Gasteiger partial charge in [-0.25, -0.2) is 0 Å². The Labute approximate surface area is 68.7 Å².